The van der Waals surface area contributed by atoms with E-state index in [2.05, 4.69) is 10.6 Å². The summed E-state index contributed by atoms with van der Waals surface area (Å²) in [6, 6.07) is 3.90. The zero-order chi connectivity index (χ0) is 14.7. The maximum atomic E-state index is 11.5. The van der Waals surface area contributed by atoms with Crippen molar-refractivity contribution in [1.29, 1.82) is 0 Å². The van der Waals surface area contributed by atoms with E-state index in [1.807, 2.05) is 0 Å². The maximum Gasteiger partial charge on any atom is 0.352 e. The van der Waals surface area contributed by atoms with Gasteiger partial charge in [0.1, 0.15) is 17.2 Å². The lowest BCUT2D eigenvalue weighted by Gasteiger charge is -2.24. The molecule has 1 heterocycles. The molecule has 0 saturated heterocycles. The summed E-state index contributed by atoms with van der Waals surface area (Å²) in [5, 5.41) is 13.8. The molecule has 7 heteroatoms. The first-order valence-electron chi connectivity index (χ1n) is 5.79. The molecule has 1 aromatic rings. The zero-order valence-corrected chi connectivity index (χ0v) is 11.0. The van der Waals surface area contributed by atoms with Crippen LogP contribution in [0.4, 0.5) is 4.79 Å². The van der Waals surface area contributed by atoms with Crippen molar-refractivity contribution in [2.24, 2.45) is 0 Å². The summed E-state index contributed by atoms with van der Waals surface area (Å²) < 4.78 is 10.4. The van der Waals surface area contributed by atoms with E-state index in [1.54, 1.807) is 18.2 Å². The van der Waals surface area contributed by atoms with E-state index in [1.165, 1.54) is 20.3 Å². The Balaban J connectivity index is 2.46. The summed E-state index contributed by atoms with van der Waals surface area (Å²) in [4.78, 5) is 22.5. The Morgan fingerprint density at radius 2 is 2.05 bits per heavy atom. The van der Waals surface area contributed by atoms with Gasteiger partial charge in [0.25, 0.3) is 0 Å². The van der Waals surface area contributed by atoms with Crippen LogP contribution in [0.15, 0.2) is 30.0 Å². The van der Waals surface area contributed by atoms with Crippen molar-refractivity contribution in [2.45, 2.75) is 6.04 Å². The Hall–Kier alpha value is -2.70. The van der Waals surface area contributed by atoms with E-state index >= 15 is 0 Å². The molecule has 0 saturated carbocycles. The largest absolute Gasteiger partial charge is 0.497 e. The van der Waals surface area contributed by atoms with Gasteiger partial charge in [-0.3, -0.25) is 0 Å². The predicted octanol–water partition coefficient (Wildman–Crippen LogP) is 1.03. The number of carboxylic acids is 1. The third-order valence-electron chi connectivity index (χ3n) is 2.87. The Morgan fingerprint density at radius 3 is 2.65 bits per heavy atom. The van der Waals surface area contributed by atoms with Gasteiger partial charge in [-0.15, -0.1) is 0 Å². The number of carbonyl (C=O) groups excluding carboxylic acids is 1. The molecule has 0 bridgehead atoms. The van der Waals surface area contributed by atoms with Crippen LogP contribution in [-0.2, 0) is 4.79 Å². The summed E-state index contributed by atoms with van der Waals surface area (Å²) in [5.41, 5.74) is 0.434. The van der Waals surface area contributed by atoms with Crippen LogP contribution in [0, 0.1) is 0 Å². The molecule has 0 radical (unpaired) electrons. The van der Waals surface area contributed by atoms with Crippen molar-refractivity contribution >= 4 is 12.0 Å². The topological polar surface area (TPSA) is 96.9 Å². The molecule has 3 N–H and O–H groups in total. The monoisotopic (exact) mass is 278 g/mol. The molecule has 2 amide bonds. The van der Waals surface area contributed by atoms with Crippen molar-refractivity contribution < 1.29 is 24.2 Å². The summed E-state index contributed by atoms with van der Waals surface area (Å²) in [6.45, 7) is 0. The van der Waals surface area contributed by atoms with Gasteiger partial charge in [0.05, 0.1) is 20.3 Å². The molecule has 0 fully saturated rings. The van der Waals surface area contributed by atoms with Gasteiger partial charge in [-0.05, 0) is 24.3 Å². The fourth-order valence-corrected chi connectivity index (χ4v) is 1.92. The molecule has 1 aromatic carbocycles. The van der Waals surface area contributed by atoms with Crippen molar-refractivity contribution in [2.75, 3.05) is 14.2 Å². The molecular formula is C13H14N2O5. The number of urea groups is 1. The fraction of sp³-hybridized carbons (Fsp3) is 0.231. The molecule has 7 nitrogen and oxygen atoms in total. The minimum atomic E-state index is -1.20. The van der Waals surface area contributed by atoms with Gasteiger partial charge in [0.2, 0.25) is 0 Å². The lowest BCUT2D eigenvalue weighted by Crippen LogP contribution is -2.43. The first-order chi connectivity index (χ1) is 9.55. The highest BCUT2D eigenvalue weighted by Gasteiger charge is 2.25. The smallest absolute Gasteiger partial charge is 0.352 e. The predicted molar refractivity (Wildman–Crippen MR) is 69.7 cm³/mol. The molecule has 106 valence electrons. The highest BCUT2D eigenvalue weighted by molar-refractivity contribution is 5.93. The van der Waals surface area contributed by atoms with E-state index < -0.39 is 18.0 Å². The van der Waals surface area contributed by atoms with Crippen LogP contribution in [0.2, 0.25) is 0 Å². The van der Waals surface area contributed by atoms with E-state index in [9.17, 15) is 9.59 Å². The Bertz CT molecular complexity index is 582. The Labute approximate surface area is 115 Å². The average molecular weight is 278 g/mol. The fourth-order valence-electron chi connectivity index (χ4n) is 1.92. The van der Waals surface area contributed by atoms with Crippen LogP contribution in [-0.4, -0.2) is 31.3 Å². The Kier molecular flexibility index (Phi) is 3.79. The molecule has 0 aromatic heterocycles. The average Bonchev–Trinajstić information content (AvgIpc) is 2.45. The standard InChI is InChI=1S/C13H14N2O5/c1-19-7-3-4-11(20-2)8(5-7)9-6-10(12(16)17)15-13(18)14-9/h3-6,9H,1-2H3,(H,16,17)(H2,14,15,18)/t9-/m1/s1. The summed E-state index contributed by atoms with van der Waals surface area (Å²) >= 11 is 0. The van der Waals surface area contributed by atoms with Gasteiger partial charge in [0, 0.05) is 5.56 Å². The first kappa shape index (κ1) is 13.7. The number of aliphatic carboxylic acids is 1. The SMILES string of the molecule is COc1ccc(OC)c([C@H]2C=C(C(=O)O)NC(=O)N2)c1. The number of nitrogens with one attached hydrogen (secondary N) is 2. The summed E-state index contributed by atoms with van der Waals surface area (Å²) in [5.74, 6) is -0.0930. The number of methoxy groups -OCH3 is 2. The quantitative estimate of drug-likeness (QED) is 0.764. The Morgan fingerprint density at radius 1 is 1.30 bits per heavy atom. The molecule has 20 heavy (non-hydrogen) atoms. The van der Waals surface area contributed by atoms with Crippen LogP contribution in [0.5, 0.6) is 11.5 Å². The summed E-state index contributed by atoms with van der Waals surface area (Å²) in [6.07, 6.45) is 1.40. The number of rotatable bonds is 4. The van der Waals surface area contributed by atoms with E-state index in [-0.39, 0.29) is 5.70 Å². The number of hydrogen-bond donors (Lipinski definition) is 3. The van der Waals surface area contributed by atoms with Crippen molar-refractivity contribution in [3.8, 4) is 11.5 Å². The van der Waals surface area contributed by atoms with Crippen molar-refractivity contribution in [1.82, 2.24) is 10.6 Å². The van der Waals surface area contributed by atoms with Crippen LogP contribution >= 0.6 is 0 Å². The van der Waals surface area contributed by atoms with Gasteiger partial charge in [0.15, 0.2) is 0 Å². The number of amides is 2. The third kappa shape index (κ3) is 2.66. The number of benzene rings is 1. The van der Waals surface area contributed by atoms with E-state index in [0.717, 1.165) is 0 Å². The van der Waals surface area contributed by atoms with Gasteiger partial charge in [-0.1, -0.05) is 0 Å². The third-order valence-corrected chi connectivity index (χ3v) is 2.87. The van der Waals surface area contributed by atoms with Gasteiger partial charge < -0.3 is 25.2 Å². The van der Waals surface area contributed by atoms with Crippen molar-refractivity contribution in [3.63, 3.8) is 0 Å². The van der Waals surface area contributed by atoms with E-state index in [4.69, 9.17) is 14.6 Å². The van der Waals surface area contributed by atoms with Crippen LogP contribution in [0.1, 0.15) is 11.6 Å². The maximum absolute atomic E-state index is 11.5. The minimum Gasteiger partial charge on any atom is -0.497 e. The number of hydrogen-bond acceptors (Lipinski definition) is 4. The van der Waals surface area contributed by atoms with Gasteiger partial charge in [-0.25, -0.2) is 9.59 Å². The minimum absolute atomic E-state index is 0.177. The van der Waals surface area contributed by atoms with E-state index in [0.29, 0.717) is 17.1 Å². The molecular weight excluding hydrogens is 264 g/mol. The first-order valence-corrected chi connectivity index (χ1v) is 5.79. The second-order valence-corrected chi connectivity index (χ2v) is 4.07. The van der Waals surface area contributed by atoms with Crippen LogP contribution in [0.25, 0.3) is 0 Å². The lowest BCUT2D eigenvalue weighted by molar-refractivity contribution is -0.133. The number of carboxylic acid groups (broad SMARTS) is 1. The van der Waals surface area contributed by atoms with Crippen molar-refractivity contribution in [3.05, 3.63) is 35.5 Å². The molecule has 1 atom stereocenters. The highest BCUT2D eigenvalue weighted by atomic mass is 16.5. The molecule has 0 aliphatic carbocycles. The molecule has 0 spiro atoms. The summed E-state index contributed by atoms with van der Waals surface area (Å²) in [7, 11) is 3.02. The molecule has 2 rings (SSSR count). The number of ether oxygens (including phenoxy) is 2. The van der Waals surface area contributed by atoms with Crippen LogP contribution in [0.3, 0.4) is 0 Å². The molecule has 1 aliphatic heterocycles. The second kappa shape index (κ2) is 5.52. The van der Waals surface area contributed by atoms with Crippen LogP contribution < -0.4 is 20.1 Å². The highest BCUT2D eigenvalue weighted by Crippen LogP contribution is 2.31. The molecule has 0 unspecified atom stereocenters. The zero-order valence-electron chi connectivity index (χ0n) is 11.0. The second-order valence-electron chi connectivity index (χ2n) is 4.07. The molecule has 1 aliphatic rings. The van der Waals surface area contributed by atoms with Gasteiger partial charge in [-0.2, -0.15) is 0 Å². The number of carbonyl (C=O) groups is 2. The lowest BCUT2D eigenvalue weighted by atomic mass is 10.0. The van der Waals surface area contributed by atoms with Gasteiger partial charge >= 0.3 is 12.0 Å². The normalized spacial score (nSPS) is 17.6.